The van der Waals surface area contributed by atoms with Gasteiger partial charge < -0.3 is 14.4 Å². The van der Waals surface area contributed by atoms with E-state index in [4.69, 9.17) is 9.47 Å². The highest BCUT2D eigenvalue weighted by atomic mass is 16.6. The van der Waals surface area contributed by atoms with Crippen LogP contribution in [0.5, 0.6) is 5.75 Å². The summed E-state index contributed by atoms with van der Waals surface area (Å²) in [6.07, 6.45) is 3.51. The molecule has 5 amide bonds. The molecule has 3 rings (SSSR count). The average molecular weight is 526 g/mol. The number of nitrogens with one attached hydrogen (secondary N) is 1. The summed E-state index contributed by atoms with van der Waals surface area (Å²) in [5.74, 6) is 4.30. The minimum Gasteiger partial charge on any atom is -0.493 e. The number of rotatable bonds is 9. The molecule has 1 atom stereocenters. The number of hydrogen-bond donors (Lipinski definition) is 1. The van der Waals surface area contributed by atoms with Gasteiger partial charge in [0.05, 0.1) is 17.7 Å². The number of ether oxygens (including phenoxy) is 2. The molecular weight excluding hydrogens is 490 g/mol. The third kappa shape index (κ3) is 7.34. The van der Waals surface area contributed by atoms with Crippen LogP contribution in [0.2, 0.25) is 0 Å². The second-order valence-electron chi connectivity index (χ2n) is 10.3. The SMILES string of the molecule is CN(CCCCC#CCCCOc1cccc2c1C(=O)N(C1CCC(=O)NC1=O)C2=O)C(=O)OC(C)(C)C. The Balaban J connectivity index is 1.40. The number of amides is 5. The lowest BCUT2D eigenvalue weighted by Crippen LogP contribution is -2.54. The van der Waals surface area contributed by atoms with Gasteiger partial charge in [-0.25, -0.2) is 4.79 Å². The van der Waals surface area contributed by atoms with Gasteiger partial charge in [0.15, 0.2) is 0 Å². The molecule has 0 spiro atoms. The maximum Gasteiger partial charge on any atom is 0.410 e. The van der Waals surface area contributed by atoms with E-state index in [1.165, 1.54) is 6.07 Å². The maximum absolute atomic E-state index is 13.1. The Hall–Kier alpha value is -3.87. The van der Waals surface area contributed by atoms with Crippen molar-refractivity contribution in [3.63, 3.8) is 0 Å². The van der Waals surface area contributed by atoms with Crippen molar-refractivity contribution >= 4 is 29.7 Å². The van der Waals surface area contributed by atoms with Crippen molar-refractivity contribution in [2.24, 2.45) is 0 Å². The first-order valence-corrected chi connectivity index (χ1v) is 12.9. The first kappa shape index (κ1) is 28.7. The van der Waals surface area contributed by atoms with Gasteiger partial charge in [0.2, 0.25) is 11.8 Å². The van der Waals surface area contributed by atoms with Gasteiger partial charge in [-0.2, -0.15) is 0 Å². The van der Waals surface area contributed by atoms with Crippen molar-refractivity contribution in [3.05, 3.63) is 29.3 Å². The summed E-state index contributed by atoms with van der Waals surface area (Å²) in [7, 11) is 1.72. The molecule has 1 fully saturated rings. The molecule has 1 saturated heterocycles. The normalized spacial score (nSPS) is 16.9. The van der Waals surface area contributed by atoms with Crippen molar-refractivity contribution in [1.29, 1.82) is 0 Å². The highest BCUT2D eigenvalue weighted by Crippen LogP contribution is 2.33. The van der Waals surface area contributed by atoms with Gasteiger partial charge >= 0.3 is 6.09 Å². The van der Waals surface area contributed by atoms with Gasteiger partial charge in [0.25, 0.3) is 11.8 Å². The minimum atomic E-state index is -1.01. The Kier molecular flexibility index (Phi) is 9.50. The zero-order chi connectivity index (χ0) is 27.9. The molecular formula is C28H35N3O7. The number of nitrogens with zero attached hydrogens (tertiary/aromatic N) is 2. The standard InChI is InChI=1S/C28H35N3O7/c1-28(2,3)38-27(36)30(4)17-10-8-6-5-7-9-11-18-37-21-14-12-13-19-23(21)26(35)31(25(19)34)20-15-16-22(32)29-24(20)33/h12-14,20H,6,8-11,15-18H2,1-4H3,(H,29,32,33). The summed E-state index contributed by atoms with van der Waals surface area (Å²) in [5, 5.41) is 2.19. The highest BCUT2D eigenvalue weighted by Gasteiger charge is 2.45. The first-order valence-electron chi connectivity index (χ1n) is 12.9. The number of carbonyl (C=O) groups is 5. The number of unbranched alkanes of at least 4 members (excludes halogenated alkanes) is 3. The van der Waals surface area contributed by atoms with Crippen molar-refractivity contribution in [3.8, 4) is 17.6 Å². The van der Waals surface area contributed by atoms with Crippen molar-refractivity contribution in [2.45, 2.75) is 77.4 Å². The minimum absolute atomic E-state index is 0.0668. The highest BCUT2D eigenvalue weighted by molar-refractivity contribution is 6.24. The molecule has 10 heteroatoms. The van der Waals surface area contributed by atoms with Crippen LogP contribution in [0.25, 0.3) is 0 Å². The van der Waals surface area contributed by atoms with Crippen LogP contribution in [-0.2, 0) is 14.3 Å². The van der Waals surface area contributed by atoms with Gasteiger partial charge in [-0.15, -0.1) is 11.8 Å². The summed E-state index contributed by atoms with van der Waals surface area (Å²) in [4.78, 5) is 64.0. The molecule has 38 heavy (non-hydrogen) atoms. The first-order chi connectivity index (χ1) is 18.0. The molecule has 2 heterocycles. The van der Waals surface area contributed by atoms with E-state index in [0.29, 0.717) is 26.0 Å². The average Bonchev–Trinajstić information content (AvgIpc) is 3.09. The summed E-state index contributed by atoms with van der Waals surface area (Å²) in [5.41, 5.74) is -0.177. The molecule has 0 bridgehead atoms. The lowest BCUT2D eigenvalue weighted by atomic mass is 10.0. The van der Waals surface area contributed by atoms with E-state index in [0.717, 1.165) is 24.2 Å². The van der Waals surface area contributed by atoms with Crippen LogP contribution in [-0.4, -0.2) is 71.4 Å². The summed E-state index contributed by atoms with van der Waals surface area (Å²) >= 11 is 0. The quantitative estimate of drug-likeness (QED) is 0.298. The molecule has 0 radical (unpaired) electrons. The van der Waals surface area contributed by atoms with E-state index in [9.17, 15) is 24.0 Å². The molecule has 1 aromatic carbocycles. The predicted octanol–water partition coefficient (Wildman–Crippen LogP) is 3.29. The van der Waals surface area contributed by atoms with Gasteiger partial charge in [0.1, 0.15) is 17.4 Å². The Morgan fingerprint density at radius 1 is 1.08 bits per heavy atom. The monoisotopic (exact) mass is 525 g/mol. The van der Waals surface area contributed by atoms with Crippen LogP contribution in [0.1, 0.15) is 86.4 Å². The largest absolute Gasteiger partial charge is 0.493 e. The summed E-state index contributed by atoms with van der Waals surface area (Å²) in [6.45, 7) is 6.43. The van der Waals surface area contributed by atoms with E-state index in [2.05, 4.69) is 17.2 Å². The number of piperidine rings is 1. The van der Waals surface area contributed by atoms with Crippen LogP contribution in [0.15, 0.2) is 18.2 Å². The number of benzene rings is 1. The van der Waals surface area contributed by atoms with E-state index < -0.39 is 35.3 Å². The molecule has 10 nitrogen and oxygen atoms in total. The number of imide groups is 2. The molecule has 2 aliphatic rings. The van der Waals surface area contributed by atoms with E-state index in [1.54, 1.807) is 24.1 Å². The van der Waals surface area contributed by atoms with Crippen LogP contribution < -0.4 is 10.1 Å². The fourth-order valence-electron chi connectivity index (χ4n) is 4.12. The van der Waals surface area contributed by atoms with E-state index in [-0.39, 0.29) is 35.8 Å². The predicted molar refractivity (Wildman–Crippen MR) is 138 cm³/mol. The van der Waals surface area contributed by atoms with Gasteiger partial charge in [-0.3, -0.25) is 29.4 Å². The smallest absolute Gasteiger partial charge is 0.410 e. The van der Waals surface area contributed by atoms with Crippen LogP contribution in [0.3, 0.4) is 0 Å². The lowest BCUT2D eigenvalue weighted by molar-refractivity contribution is -0.136. The molecule has 1 N–H and O–H groups in total. The van der Waals surface area contributed by atoms with Crippen molar-refractivity contribution < 1.29 is 33.4 Å². The molecule has 0 saturated carbocycles. The molecule has 0 aliphatic carbocycles. The topological polar surface area (TPSA) is 122 Å². The number of fused-ring (bicyclic) bond motifs is 1. The zero-order valence-corrected chi connectivity index (χ0v) is 22.4. The maximum atomic E-state index is 13.1. The molecule has 1 unspecified atom stereocenters. The fourth-order valence-corrected chi connectivity index (χ4v) is 4.12. The second kappa shape index (κ2) is 12.6. The molecule has 2 aliphatic heterocycles. The Labute approximate surface area is 223 Å². The van der Waals surface area contributed by atoms with E-state index in [1.807, 2.05) is 20.8 Å². The van der Waals surface area contributed by atoms with Crippen LogP contribution >= 0.6 is 0 Å². The fraction of sp³-hybridized carbons (Fsp3) is 0.536. The van der Waals surface area contributed by atoms with Gasteiger partial charge in [0, 0.05) is 32.9 Å². The molecule has 0 aromatic heterocycles. The zero-order valence-electron chi connectivity index (χ0n) is 22.4. The van der Waals surface area contributed by atoms with Crippen molar-refractivity contribution in [1.82, 2.24) is 15.1 Å². The third-order valence-electron chi connectivity index (χ3n) is 6.01. The van der Waals surface area contributed by atoms with Crippen LogP contribution in [0.4, 0.5) is 4.79 Å². The van der Waals surface area contributed by atoms with Crippen molar-refractivity contribution in [2.75, 3.05) is 20.2 Å². The summed E-state index contributed by atoms with van der Waals surface area (Å²) in [6, 6.07) is 3.78. The molecule has 1 aromatic rings. The second-order valence-corrected chi connectivity index (χ2v) is 10.3. The Bertz CT molecular complexity index is 1160. The Morgan fingerprint density at radius 3 is 2.47 bits per heavy atom. The lowest BCUT2D eigenvalue weighted by Gasteiger charge is -2.27. The Morgan fingerprint density at radius 2 is 1.79 bits per heavy atom. The van der Waals surface area contributed by atoms with Gasteiger partial charge in [-0.05, 0) is 58.6 Å². The number of hydrogen-bond acceptors (Lipinski definition) is 7. The molecule has 204 valence electrons. The number of carbonyl (C=O) groups excluding carboxylic acids is 5. The third-order valence-corrected chi connectivity index (χ3v) is 6.01. The van der Waals surface area contributed by atoms with Crippen LogP contribution in [0, 0.1) is 11.8 Å². The van der Waals surface area contributed by atoms with E-state index >= 15 is 0 Å². The van der Waals surface area contributed by atoms with Gasteiger partial charge in [-0.1, -0.05) is 6.07 Å². The summed E-state index contributed by atoms with van der Waals surface area (Å²) < 4.78 is 11.1.